The summed E-state index contributed by atoms with van der Waals surface area (Å²) in [6, 6.07) is 0.206. The molecule has 0 bridgehead atoms. The Kier molecular flexibility index (Phi) is 4.54. The largest absolute Gasteiger partial charge is 0.409 e. The number of piperidine rings is 1. The van der Waals surface area contributed by atoms with Gasteiger partial charge in [0.05, 0.1) is 5.92 Å². The van der Waals surface area contributed by atoms with Gasteiger partial charge in [0.1, 0.15) is 0 Å². The topological polar surface area (TPSA) is 91.0 Å². The van der Waals surface area contributed by atoms with Gasteiger partial charge >= 0.3 is 0 Å². The molecule has 1 amide bonds. The van der Waals surface area contributed by atoms with Gasteiger partial charge in [-0.3, -0.25) is 4.79 Å². The maximum absolute atomic E-state index is 11.7. The van der Waals surface area contributed by atoms with Crippen LogP contribution in [-0.2, 0) is 4.79 Å². The van der Waals surface area contributed by atoms with Crippen LogP contribution in [-0.4, -0.2) is 48.0 Å². The Morgan fingerprint density at radius 2 is 2.12 bits per heavy atom. The zero-order chi connectivity index (χ0) is 12.1. The van der Waals surface area contributed by atoms with Crippen LogP contribution in [0.15, 0.2) is 5.16 Å². The third-order valence-corrected chi connectivity index (χ3v) is 3.02. The number of likely N-dealkylation sites (tertiary alicyclic amines) is 1. The highest BCUT2D eigenvalue weighted by Crippen LogP contribution is 2.09. The molecule has 1 saturated heterocycles. The summed E-state index contributed by atoms with van der Waals surface area (Å²) >= 11 is 0. The van der Waals surface area contributed by atoms with Gasteiger partial charge in [0, 0.05) is 6.04 Å². The Labute approximate surface area is 95.5 Å². The number of carbonyl (C=O) groups is 1. The summed E-state index contributed by atoms with van der Waals surface area (Å²) in [4.78, 5) is 13.9. The summed E-state index contributed by atoms with van der Waals surface area (Å²) in [5.74, 6) is -0.806. The number of hydrogen-bond donors (Lipinski definition) is 3. The lowest BCUT2D eigenvalue weighted by Gasteiger charge is -2.30. The van der Waals surface area contributed by atoms with Crippen molar-refractivity contribution in [3.63, 3.8) is 0 Å². The van der Waals surface area contributed by atoms with E-state index in [0.29, 0.717) is 0 Å². The normalized spacial score (nSPS) is 21.8. The average molecular weight is 228 g/mol. The standard InChI is InChI=1S/C10H20N4O2/c1-7(9(11)13-16)10(15)12-8-3-5-14(2)6-4-8/h7-8,16H,3-6H2,1-2H3,(H2,11,13)(H,12,15). The summed E-state index contributed by atoms with van der Waals surface area (Å²) in [6.07, 6.45) is 1.90. The third kappa shape index (κ3) is 3.37. The molecule has 0 radical (unpaired) electrons. The summed E-state index contributed by atoms with van der Waals surface area (Å²) < 4.78 is 0. The van der Waals surface area contributed by atoms with Crippen LogP contribution < -0.4 is 11.1 Å². The molecule has 92 valence electrons. The second-order valence-corrected chi connectivity index (χ2v) is 4.33. The number of carbonyl (C=O) groups excluding carboxylic acids is 1. The van der Waals surface area contributed by atoms with Crippen molar-refractivity contribution >= 4 is 11.7 Å². The molecular weight excluding hydrogens is 208 g/mol. The van der Waals surface area contributed by atoms with E-state index in [0.717, 1.165) is 25.9 Å². The Balaban J connectivity index is 2.40. The van der Waals surface area contributed by atoms with Crippen LogP contribution in [0.4, 0.5) is 0 Å². The highest BCUT2D eigenvalue weighted by atomic mass is 16.4. The van der Waals surface area contributed by atoms with Crippen LogP contribution in [0, 0.1) is 5.92 Å². The number of hydrogen-bond acceptors (Lipinski definition) is 4. The molecule has 0 aromatic heterocycles. The van der Waals surface area contributed by atoms with Crippen molar-refractivity contribution in [1.29, 1.82) is 0 Å². The van der Waals surface area contributed by atoms with E-state index in [1.165, 1.54) is 0 Å². The molecule has 1 aliphatic rings. The Morgan fingerprint density at radius 1 is 1.56 bits per heavy atom. The maximum Gasteiger partial charge on any atom is 0.230 e. The molecule has 1 fully saturated rings. The Morgan fingerprint density at radius 3 is 2.62 bits per heavy atom. The van der Waals surface area contributed by atoms with Crippen molar-refractivity contribution in [2.24, 2.45) is 16.8 Å². The van der Waals surface area contributed by atoms with Crippen LogP contribution in [0.2, 0.25) is 0 Å². The molecule has 0 spiro atoms. The van der Waals surface area contributed by atoms with Gasteiger partial charge < -0.3 is 21.2 Å². The van der Waals surface area contributed by atoms with Crippen molar-refractivity contribution in [1.82, 2.24) is 10.2 Å². The average Bonchev–Trinajstić information content (AvgIpc) is 2.30. The molecule has 1 aliphatic heterocycles. The molecule has 6 nitrogen and oxygen atoms in total. The van der Waals surface area contributed by atoms with E-state index in [1.54, 1.807) is 6.92 Å². The van der Waals surface area contributed by atoms with Gasteiger partial charge in [0.25, 0.3) is 0 Å². The molecule has 6 heteroatoms. The Bertz CT molecular complexity index is 272. The number of nitrogens with two attached hydrogens (primary N) is 1. The van der Waals surface area contributed by atoms with Gasteiger partial charge in [-0.2, -0.15) is 0 Å². The molecule has 1 atom stereocenters. The van der Waals surface area contributed by atoms with Gasteiger partial charge in [0.2, 0.25) is 5.91 Å². The van der Waals surface area contributed by atoms with Crippen LogP contribution in [0.25, 0.3) is 0 Å². The van der Waals surface area contributed by atoms with E-state index in [9.17, 15) is 4.79 Å². The van der Waals surface area contributed by atoms with Gasteiger partial charge in [-0.05, 0) is 39.9 Å². The second-order valence-electron chi connectivity index (χ2n) is 4.33. The minimum absolute atomic E-state index is 0.0505. The van der Waals surface area contributed by atoms with Crippen LogP contribution in [0.1, 0.15) is 19.8 Å². The molecular formula is C10H20N4O2. The van der Waals surface area contributed by atoms with Crippen molar-refractivity contribution in [3.8, 4) is 0 Å². The quantitative estimate of drug-likeness (QED) is 0.265. The first-order chi connectivity index (χ1) is 7.54. The first-order valence-electron chi connectivity index (χ1n) is 5.51. The van der Waals surface area contributed by atoms with E-state index in [2.05, 4.69) is 22.4 Å². The van der Waals surface area contributed by atoms with Gasteiger partial charge in [-0.25, -0.2) is 0 Å². The van der Waals surface area contributed by atoms with Crippen LogP contribution in [0.3, 0.4) is 0 Å². The van der Waals surface area contributed by atoms with E-state index < -0.39 is 5.92 Å². The van der Waals surface area contributed by atoms with Gasteiger partial charge in [0.15, 0.2) is 5.84 Å². The monoisotopic (exact) mass is 228 g/mol. The molecule has 1 unspecified atom stereocenters. The summed E-state index contributed by atoms with van der Waals surface area (Å²) in [5.41, 5.74) is 5.38. The summed E-state index contributed by atoms with van der Waals surface area (Å²) in [7, 11) is 2.07. The smallest absolute Gasteiger partial charge is 0.230 e. The van der Waals surface area contributed by atoms with E-state index >= 15 is 0 Å². The molecule has 0 aromatic rings. The van der Waals surface area contributed by atoms with Crippen molar-refractivity contribution < 1.29 is 10.0 Å². The lowest BCUT2D eigenvalue weighted by molar-refractivity contribution is -0.123. The van der Waals surface area contributed by atoms with Gasteiger partial charge in [-0.15, -0.1) is 0 Å². The minimum Gasteiger partial charge on any atom is -0.409 e. The zero-order valence-corrected chi connectivity index (χ0v) is 9.81. The molecule has 0 aromatic carbocycles. The number of nitrogens with zero attached hydrogens (tertiary/aromatic N) is 2. The fourth-order valence-corrected chi connectivity index (χ4v) is 1.70. The lowest BCUT2D eigenvalue weighted by Crippen LogP contribution is -2.47. The number of rotatable bonds is 3. The second kappa shape index (κ2) is 5.69. The molecule has 0 aliphatic carbocycles. The Hall–Kier alpha value is -1.30. The molecule has 4 N–H and O–H groups in total. The fraction of sp³-hybridized carbons (Fsp3) is 0.800. The van der Waals surface area contributed by atoms with Crippen molar-refractivity contribution in [3.05, 3.63) is 0 Å². The summed E-state index contributed by atoms with van der Waals surface area (Å²) in [6.45, 7) is 3.60. The lowest BCUT2D eigenvalue weighted by atomic mass is 10.0. The van der Waals surface area contributed by atoms with Crippen molar-refractivity contribution in [2.45, 2.75) is 25.8 Å². The molecule has 1 heterocycles. The SMILES string of the molecule is CC(C(=O)NC1CCN(C)CC1)C(N)=NO. The van der Waals surface area contributed by atoms with Crippen molar-refractivity contribution in [2.75, 3.05) is 20.1 Å². The number of oxime groups is 1. The molecule has 1 rings (SSSR count). The first-order valence-corrected chi connectivity index (χ1v) is 5.51. The number of amidine groups is 1. The molecule has 16 heavy (non-hydrogen) atoms. The maximum atomic E-state index is 11.7. The fourth-order valence-electron chi connectivity index (χ4n) is 1.70. The number of nitrogens with one attached hydrogen (secondary N) is 1. The van der Waals surface area contributed by atoms with E-state index in [4.69, 9.17) is 10.9 Å². The molecule has 0 saturated carbocycles. The van der Waals surface area contributed by atoms with Crippen LogP contribution in [0.5, 0.6) is 0 Å². The predicted molar refractivity (Wildman–Crippen MR) is 61.2 cm³/mol. The van der Waals surface area contributed by atoms with E-state index in [1.807, 2.05) is 0 Å². The first kappa shape index (κ1) is 12.8. The zero-order valence-electron chi connectivity index (χ0n) is 9.81. The van der Waals surface area contributed by atoms with Crippen LogP contribution >= 0.6 is 0 Å². The highest BCUT2D eigenvalue weighted by molar-refractivity contribution is 6.01. The third-order valence-electron chi connectivity index (χ3n) is 3.02. The predicted octanol–water partition coefficient (Wildman–Crippen LogP) is -0.421. The van der Waals surface area contributed by atoms with Gasteiger partial charge in [-0.1, -0.05) is 5.16 Å². The minimum atomic E-state index is -0.579. The summed E-state index contributed by atoms with van der Waals surface area (Å²) in [5, 5.41) is 14.2. The highest BCUT2D eigenvalue weighted by Gasteiger charge is 2.23. The number of amides is 1. The van der Waals surface area contributed by atoms with E-state index in [-0.39, 0.29) is 17.8 Å².